The number of nitrogens with one attached hydrogen (secondary N) is 1. The Morgan fingerprint density at radius 3 is 2.70 bits per heavy atom. The Morgan fingerprint density at radius 2 is 1.91 bits per heavy atom. The first-order valence-corrected chi connectivity index (χ1v) is 7.44. The molecule has 0 saturated heterocycles. The highest BCUT2D eigenvalue weighted by molar-refractivity contribution is 9.10. The van der Waals surface area contributed by atoms with Crippen LogP contribution in [0.3, 0.4) is 0 Å². The third kappa shape index (κ3) is 2.02. The number of fused-ring (bicyclic) bond motifs is 3. The predicted octanol–water partition coefficient (Wildman–Crippen LogP) is 2.23. The van der Waals surface area contributed by atoms with Gasteiger partial charge in [0.15, 0.2) is 5.65 Å². The van der Waals surface area contributed by atoms with E-state index in [1.54, 1.807) is 24.3 Å². The van der Waals surface area contributed by atoms with Gasteiger partial charge in [-0.25, -0.2) is 14.0 Å². The van der Waals surface area contributed by atoms with Crippen LogP contribution in [0.1, 0.15) is 0 Å². The van der Waals surface area contributed by atoms with Crippen LogP contribution in [0.4, 0.5) is 4.39 Å². The van der Waals surface area contributed by atoms with E-state index in [1.165, 1.54) is 18.2 Å². The summed E-state index contributed by atoms with van der Waals surface area (Å²) in [4.78, 5) is 27.3. The lowest BCUT2D eigenvalue weighted by molar-refractivity contribution is 0.607. The molecule has 23 heavy (non-hydrogen) atoms. The predicted molar refractivity (Wildman–Crippen MR) is 86.6 cm³/mol. The van der Waals surface area contributed by atoms with Crippen LogP contribution < -0.4 is 11.4 Å². The number of benzene rings is 2. The normalized spacial score (nSPS) is 11.4. The Bertz CT molecular complexity index is 1190. The van der Waals surface area contributed by atoms with Crippen molar-refractivity contribution in [3.05, 3.63) is 73.7 Å². The van der Waals surface area contributed by atoms with Gasteiger partial charge in [0.1, 0.15) is 11.5 Å². The molecular formula is C15H8BrFN4O2. The van der Waals surface area contributed by atoms with Crippen LogP contribution >= 0.6 is 15.9 Å². The average molecular weight is 375 g/mol. The van der Waals surface area contributed by atoms with Gasteiger partial charge in [0.25, 0.3) is 0 Å². The fourth-order valence-electron chi connectivity index (χ4n) is 2.49. The molecule has 2 heterocycles. The smallest absolute Gasteiger partial charge is 0.306 e. The Hall–Kier alpha value is -2.74. The van der Waals surface area contributed by atoms with E-state index in [0.717, 1.165) is 13.6 Å². The Kier molecular flexibility index (Phi) is 2.95. The minimum Gasteiger partial charge on any atom is -0.306 e. The third-order valence-electron chi connectivity index (χ3n) is 3.53. The van der Waals surface area contributed by atoms with Crippen molar-refractivity contribution in [1.82, 2.24) is 19.2 Å². The largest absolute Gasteiger partial charge is 0.359 e. The Balaban J connectivity index is 2.20. The molecule has 0 fully saturated rings. The van der Waals surface area contributed by atoms with Crippen LogP contribution in [0.5, 0.6) is 0 Å². The first kappa shape index (κ1) is 13.9. The standard InChI is InChI=1S/C15H8BrFN4O2/c16-8-5-6-11-9(7-8)13-19-21(12-4-2-1-3-10(12)17)15(23)20(13)14(22)18-11/h1-7H,(H,18,22). The van der Waals surface area contributed by atoms with Gasteiger partial charge in [-0.15, -0.1) is 5.10 Å². The van der Waals surface area contributed by atoms with Crippen LogP contribution in [0, 0.1) is 5.82 Å². The first-order valence-electron chi connectivity index (χ1n) is 6.64. The summed E-state index contributed by atoms with van der Waals surface area (Å²) < 4.78 is 16.5. The second-order valence-corrected chi connectivity index (χ2v) is 5.84. The molecule has 0 atom stereocenters. The Labute approximate surface area is 135 Å². The number of rotatable bonds is 1. The quantitative estimate of drug-likeness (QED) is 0.555. The number of hydrogen-bond acceptors (Lipinski definition) is 3. The van der Waals surface area contributed by atoms with E-state index >= 15 is 0 Å². The number of para-hydroxylation sites is 1. The van der Waals surface area contributed by atoms with Crippen LogP contribution in [0.25, 0.3) is 22.2 Å². The lowest BCUT2D eigenvalue weighted by Crippen LogP contribution is -2.29. The summed E-state index contributed by atoms with van der Waals surface area (Å²) in [5, 5.41) is 4.73. The van der Waals surface area contributed by atoms with E-state index in [-0.39, 0.29) is 11.3 Å². The summed E-state index contributed by atoms with van der Waals surface area (Å²) in [5.41, 5.74) is -0.658. The van der Waals surface area contributed by atoms with E-state index in [2.05, 4.69) is 26.0 Å². The van der Waals surface area contributed by atoms with E-state index in [1.807, 2.05) is 0 Å². The molecule has 8 heteroatoms. The number of aromatic nitrogens is 4. The van der Waals surface area contributed by atoms with Gasteiger partial charge >= 0.3 is 11.4 Å². The van der Waals surface area contributed by atoms with Crippen molar-refractivity contribution in [2.45, 2.75) is 0 Å². The molecule has 4 rings (SSSR count). The molecule has 0 radical (unpaired) electrons. The van der Waals surface area contributed by atoms with Crippen molar-refractivity contribution in [3.63, 3.8) is 0 Å². The highest BCUT2D eigenvalue weighted by Crippen LogP contribution is 2.20. The van der Waals surface area contributed by atoms with E-state index in [0.29, 0.717) is 10.9 Å². The monoisotopic (exact) mass is 374 g/mol. The van der Waals surface area contributed by atoms with Crippen molar-refractivity contribution in [2.75, 3.05) is 0 Å². The molecule has 0 aliphatic heterocycles. The Morgan fingerprint density at radius 1 is 1.13 bits per heavy atom. The third-order valence-corrected chi connectivity index (χ3v) is 4.02. The molecule has 2 aromatic carbocycles. The fraction of sp³-hybridized carbons (Fsp3) is 0. The highest BCUT2D eigenvalue weighted by Gasteiger charge is 2.16. The van der Waals surface area contributed by atoms with E-state index in [4.69, 9.17) is 0 Å². The maximum atomic E-state index is 14.0. The minimum absolute atomic E-state index is 0.0104. The maximum Gasteiger partial charge on any atom is 0.359 e. The molecule has 0 aliphatic carbocycles. The van der Waals surface area contributed by atoms with Gasteiger partial charge in [-0.3, -0.25) is 0 Å². The molecule has 114 valence electrons. The summed E-state index contributed by atoms with van der Waals surface area (Å²) in [6.07, 6.45) is 0. The summed E-state index contributed by atoms with van der Waals surface area (Å²) >= 11 is 3.34. The van der Waals surface area contributed by atoms with Crippen molar-refractivity contribution >= 4 is 32.5 Å². The summed E-state index contributed by atoms with van der Waals surface area (Å²) in [6, 6.07) is 11.0. The molecule has 0 aliphatic rings. The van der Waals surface area contributed by atoms with Crippen molar-refractivity contribution in [1.29, 1.82) is 0 Å². The summed E-state index contributed by atoms with van der Waals surface area (Å²) in [6.45, 7) is 0. The number of aromatic amines is 1. The molecule has 0 bridgehead atoms. The van der Waals surface area contributed by atoms with Crippen LogP contribution in [0.2, 0.25) is 0 Å². The fourth-order valence-corrected chi connectivity index (χ4v) is 2.85. The second-order valence-electron chi connectivity index (χ2n) is 4.92. The van der Waals surface area contributed by atoms with Crippen LogP contribution in [-0.2, 0) is 0 Å². The van der Waals surface area contributed by atoms with Crippen molar-refractivity contribution in [3.8, 4) is 5.69 Å². The number of nitrogens with zero attached hydrogens (tertiary/aromatic N) is 3. The van der Waals surface area contributed by atoms with Crippen molar-refractivity contribution in [2.24, 2.45) is 0 Å². The topological polar surface area (TPSA) is 72.2 Å². The van der Waals surface area contributed by atoms with E-state index in [9.17, 15) is 14.0 Å². The van der Waals surface area contributed by atoms with Gasteiger partial charge < -0.3 is 4.98 Å². The van der Waals surface area contributed by atoms with Crippen LogP contribution in [0.15, 0.2) is 56.5 Å². The van der Waals surface area contributed by atoms with Gasteiger partial charge in [-0.2, -0.15) is 9.08 Å². The van der Waals surface area contributed by atoms with Gasteiger partial charge in [-0.05, 0) is 30.3 Å². The number of H-pyrrole nitrogens is 1. The van der Waals surface area contributed by atoms with E-state index < -0.39 is 17.2 Å². The lowest BCUT2D eigenvalue weighted by Gasteiger charge is -1.99. The van der Waals surface area contributed by atoms with Gasteiger partial charge in [0.05, 0.1) is 5.52 Å². The summed E-state index contributed by atoms with van der Waals surface area (Å²) in [7, 11) is 0. The van der Waals surface area contributed by atoms with Gasteiger partial charge in [0, 0.05) is 9.86 Å². The van der Waals surface area contributed by atoms with Gasteiger partial charge in [0.2, 0.25) is 0 Å². The average Bonchev–Trinajstić information content (AvgIpc) is 2.87. The zero-order valence-corrected chi connectivity index (χ0v) is 13.0. The second kappa shape index (κ2) is 4.88. The minimum atomic E-state index is -0.728. The zero-order valence-electron chi connectivity index (χ0n) is 11.5. The summed E-state index contributed by atoms with van der Waals surface area (Å²) in [5.74, 6) is -0.597. The molecular weight excluding hydrogens is 367 g/mol. The molecule has 6 nitrogen and oxygen atoms in total. The van der Waals surface area contributed by atoms with Gasteiger partial charge in [-0.1, -0.05) is 28.1 Å². The van der Waals surface area contributed by atoms with Crippen LogP contribution in [-0.4, -0.2) is 19.2 Å². The first-order chi connectivity index (χ1) is 11.1. The maximum absolute atomic E-state index is 14.0. The molecule has 4 aromatic rings. The number of halogens is 2. The molecule has 1 N–H and O–H groups in total. The zero-order chi connectivity index (χ0) is 16.1. The molecule has 0 unspecified atom stereocenters. The molecule has 2 aromatic heterocycles. The molecule has 0 spiro atoms. The SMILES string of the molecule is O=c1[nH]c2ccc(Br)cc2c2nn(-c3ccccc3F)c(=O)n12. The molecule has 0 saturated carbocycles. The highest BCUT2D eigenvalue weighted by atomic mass is 79.9. The molecule has 0 amide bonds. The number of hydrogen-bond donors (Lipinski definition) is 1. The lowest BCUT2D eigenvalue weighted by atomic mass is 10.2. The van der Waals surface area contributed by atoms with Crippen molar-refractivity contribution < 1.29 is 4.39 Å².